The summed E-state index contributed by atoms with van der Waals surface area (Å²) in [5.74, 6) is 1.18. The first-order chi connectivity index (χ1) is 9.19. The third-order valence-corrected chi connectivity index (χ3v) is 2.77. The van der Waals surface area contributed by atoms with Crippen LogP contribution in [0.1, 0.15) is 25.1 Å². The van der Waals surface area contributed by atoms with Crippen LogP contribution >= 0.6 is 0 Å². The van der Waals surface area contributed by atoms with E-state index in [-0.39, 0.29) is 5.91 Å². The van der Waals surface area contributed by atoms with Gasteiger partial charge in [-0.3, -0.25) is 4.79 Å². The Morgan fingerprint density at radius 1 is 1.42 bits per heavy atom. The molecule has 2 rings (SSSR count). The third kappa shape index (κ3) is 3.67. The summed E-state index contributed by atoms with van der Waals surface area (Å²) in [6.07, 6.45) is 5.49. The van der Waals surface area contributed by atoms with E-state index in [0.29, 0.717) is 24.8 Å². The molecule has 0 aliphatic heterocycles. The number of amides is 1. The summed E-state index contributed by atoms with van der Waals surface area (Å²) in [6, 6.07) is 3.78. The summed E-state index contributed by atoms with van der Waals surface area (Å²) < 4.78 is 6.94. The SMILES string of the molecule is CCCc1noc(CN(C)C(=O)Cn2cccc2)n1. The fourth-order valence-corrected chi connectivity index (χ4v) is 1.72. The van der Waals surface area contributed by atoms with Crippen LogP contribution in [-0.4, -0.2) is 32.6 Å². The molecule has 0 aliphatic rings. The zero-order valence-corrected chi connectivity index (χ0v) is 11.2. The van der Waals surface area contributed by atoms with Crippen LogP contribution in [0.4, 0.5) is 0 Å². The molecular formula is C13H18N4O2. The van der Waals surface area contributed by atoms with Gasteiger partial charge in [0.15, 0.2) is 5.82 Å². The number of carbonyl (C=O) groups excluding carboxylic acids is 1. The lowest BCUT2D eigenvalue weighted by atomic mass is 10.3. The van der Waals surface area contributed by atoms with Crippen molar-refractivity contribution < 1.29 is 9.32 Å². The number of aryl methyl sites for hydroxylation is 1. The average Bonchev–Trinajstić information content (AvgIpc) is 3.02. The quantitative estimate of drug-likeness (QED) is 0.791. The van der Waals surface area contributed by atoms with E-state index in [0.717, 1.165) is 12.8 Å². The molecular weight excluding hydrogens is 244 g/mol. The molecule has 0 fully saturated rings. The summed E-state index contributed by atoms with van der Waals surface area (Å²) >= 11 is 0. The molecule has 102 valence electrons. The van der Waals surface area contributed by atoms with Crippen LogP contribution in [0.5, 0.6) is 0 Å². The zero-order chi connectivity index (χ0) is 13.7. The highest BCUT2D eigenvalue weighted by Crippen LogP contribution is 2.04. The van der Waals surface area contributed by atoms with Crippen molar-refractivity contribution in [2.75, 3.05) is 7.05 Å². The fourth-order valence-electron chi connectivity index (χ4n) is 1.72. The monoisotopic (exact) mass is 262 g/mol. The van der Waals surface area contributed by atoms with Crippen LogP contribution in [0.2, 0.25) is 0 Å². The number of likely N-dealkylation sites (N-methyl/N-ethyl adjacent to an activating group) is 1. The highest BCUT2D eigenvalue weighted by atomic mass is 16.5. The Hall–Kier alpha value is -2.11. The second-order valence-electron chi connectivity index (χ2n) is 4.46. The average molecular weight is 262 g/mol. The van der Waals surface area contributed by atoms with E-state index in [1.807, 2.05) is 29.1 Å². The minimum absolute atomic E-state index is 0.00596. The molecule has 0 radical (unpaired) electrons. The molecule has 0 aliphatic carbocycles. The highest BCUT2D eigenvalue weighted by Gasteiger charge is 2.13. The molecule has 0 bridgehead atoms. The Morgan fingerprint density at radius 2 is 2.16 bits per heavy atom. The molecule has 2 aromatic heterocycles. The van der Waals surface area contributed by atoms with Gasteiger partial charge in [0.05, 0.1) is 6.54 Å². The predicted molar refractivity (Wildman–Crippen MR) is 69.2 cm³/mol. The van der Waals surface area contributed by atoms with E-state index in [1.54, 1.807) is 11.9 Å². The summed E-state index contributed by atoms with van der Waals surface area (Å²) in [4.78, 5) is 17.8. The molecule has 0 saturated carbocycles. The first kappa shape index (κ1) is 13.3. The van der Waals surface area contributed by atoms with Gasteiger partial charge < -0.3 is 14.0 Å². The minimum Gasteiger partial charge on any atom is -0.345 e. The lowest BCUT2D eigenvalue weighted by Gasteiger charge is -2.14. The second kappa shape index (κ2) is 6.17. The molecule has 0 atom stereocenters. The predicted octanol–water partition coefficient (Wildman–Crippen LogP) is 1.48. The van der Waals surface area contributed by atoms with Gasteiger partial charge in [0.25, 0.3) is 0 Å². The fraction of sp³-hybridized carbons (Fsp3) is 0.462. The molecule has 0 unspecified atom stereocenters. The smallest absolute Gasteiger partial charge is 0.246 e. The van der Waals surface area contributed by atoms with Gasteiger partial charge in [0.1, 0.15) is 6.54 Å². The van der Waals surface area contributed by atoms with Crippen molar-refractivity contribution in [3.63, 3.8) is 0 Å². The number of nitrogens with zero attached hydrogens (tertiary/aromatic N) is 4. The van der Waals surface area contributed by atoms with E-state index in [1.165, 1.54) is 0 Å². The standard InChI is InChI=1S/C13H18N4O2/c1-3-6-11-14-12(19-15-11)9-16(2)13(18)10-17-7-4-5-8-17/h4-5,7-8H,3,6,9-10H2,1-2H3. The third-order valence-electron chi connectivity index (χ3n) is 2.77. The van der Waals surface area contributed by atoms with Crippen LogP contribution < -0.4 is 0 Å². The maximum atomic E-state index is 12.0. The molecule has 0 N–H and O–H groups in total. The van der Waals surface area contributed by atoms with Crippen molar-refractivity contribution in [3.8, 4) is 0 Å². The van der Waals surface area contributed by atoms with Gasteiger partial charge in [-0.05, 0) is 18.6 Å². The van der Waals surface area contributed by atoms with Gasteiger partial charge in [0.2, 0.25) is 11.8 Å². The Kier molecular flexibility index (Phi) is 4.33. The van der Waals surface area contributed by atoms with Crippen LogP contribution in [-0.2, 0) is 24.3 Å². The van der Waals surface area contributed by atoms with Crippen LogP contribution in [0.3, 0.4) is 0 Å². The topological polar surface area (TPSA) is 64.2 Å². The van der Waals surface area contributed by atoms with Crippen LogP contribution in [0.15, 0.2) is 29.0 Å². The summed E-state index contributed by atoms with van der Waals surface area (Å²) in [5.41, 5.74) is 0. The van der Waals surface area contributed by atoms with Gasteiger partial charge in [-0.15, -0.1) is 0 Å². The second-order valence-corrected chi connectivity index (χ2v) is 4.46. The normalized spacial score (nSPS) is 10.6. The lowest BCUT2D eigenvalue weighted by Crippen LogP contribution is -2.29. The first-order valence-electron chi connectivity index (χ1n) is 6.35. The molecule has 0 aromatic carbocycles. The van der Waals surface area contributed by atoms with Crippen molar-refractivity contribution in [1.82, 2.24) is 19.6 Å². The molecule has 1 amide bonds. The first-order valence-corrected chi connectivity index (χ1v) is 6.35. The van der Waals surface area contributed by atoms with Crippen molar-refractivity contribution in [1.29, 1.82) is 0 Å². The van der Waals surface area contributed by atoms with E-state index in [2.05, 4.69) is 17.1 Å². The Morgan fingerprint density at radius 3 is 2.84 bits per heavy atom. The maximum Gasteiger partial charge on any atom is 0.246 e. The lowest BCUT2D eigenvalue weighted by molar-refractivity contribution is -0.131. The molecule has 2 heterocycles. The summed E-state index contributed by atoms with van der Waals surface area (Å²) in [6.45, 7) is 2.72. The number of hydrogen-bond acceptors (Lipinski definition) is 4. The number of aromatic nitrogens is 3. The highest BCUT2D eigenvalue weighted by molar-refractivity contribution is 5.75. The van der Waals surface area contributed by atoms with Crippen molar-refractivity contribution >= 4 is 5.91 Å². The van der Waals surface area contributed by atoms with E-state index >= 15 is 0 Å². The Bertz CT molecular complexity index is 518. The molecule has 19 heavy (non-hydrogen) atoms. The Balaban J connectivity index is 1.88. The van der Waals surface area contributed by atoms with Gasteiger partial charge in [-0.2, -0.15) is 4.98 Å². The van der Waals surface area contributed by atoms with Gasteiger partial charge in [-0.25, -0.2) is 0 Å². The zero-order valence-electron chi connectivity index (χ0n) is 11.2. The van der Waals surface area contributed by atoms with E-state index < -0.39 is 0 Å². The van der Waals surface area contributed by atoms with E-state index in [4.69, 9.17) is 4.52 Å². The van der Waals surface area contributed by atoms with Crippen LogP contribution in [0.25, 0.3) is 0 Å². The van der Waals surface area contributed by atoms with Gasteiger partial charge in [-0.1, -0.05) is 12.1 Å². The number of rotatable bonds is 6. The Labute approximate surface area is 112 Å². The molecule has 6 heteroatoms. The summed E-state index contributed by atoms with van der Waals surface area (Å²) in [7, 11) is 1.73. The van der Waals surface area contributed by atoms with Crippen molar-refractivity contribution in [2.24, 2.45) is 0 Å². The number of hydrogen-bond donors (Lipinski definition) is 0. The van der Waals surface area contributed by atoms with Gasteiger partial charge in [0, 0.05) is 25.9 Å². The molecule has 2 aromatic rings. The van der Waals surface area contributed by atoms with E-state index in [9.17, 15) is 4.79 Å². The van der Waals surface area contributed by atoms with Crippen molar-refractivity contribution in [3.05, 3.63) is 36.2 Å². The minimum atomic E-state index is 0.00596. The maximum absolute atomic E-state index is 12.0. The number of carbonyl (C=O) groups is 1. The largest absolute Gasteiger partial charge is 0.345 e. The van der Waals surface area contributed by atoms with Gasteiger partial charge >= 0.3 is 0 Å². The van der Waals surface area contributed by atoms with Crippen LogP contribution in [0, 0.1) is 0 Å². The molecule has 0 spiro atoms. The molecule has 6 nitrogen and oxygen atoms in total. The van der Waals surface area contributed by atoms with Crippen molar-refractivity contribution in [2.45, 2.75) is 32.9 Å². The molecule has 0 saturated heterocycles. The summed E-state index contributed by atoms with van der Waals surface area (Å²) in [5, 5.41) is 3.86.